The van der Waals surface area contributed by atoms with Crippen LogP contribution >= 0.6 is 0 Å². The van der Waals surface area contributed by atoms with E-state index in [9.17, 15) is 4.79 Å². The zero-order chi connectivity index (χ0) is 13.0. The molecule has 1 aromatic heterocycles. The van der Waals surface area contributed by atoms with Gasteiger partial charge < -0.3 is 10.1 Å². The SMILES string of the molecule is COCCNC(=O)c1c(C)ncc2ccccc12. The standard InChI is InChI=1S/C14H16N2O2/c1-10-13(14(17)15-7-8-18-2)12-6-4-3-5-11(12)9-16-10/h3-6,9H,7-8H2,1-2H3,(H,15,17). The van der Waals surface area contributed by atoms with Crippen molar-refractivity contribution in [1.82, 2.24) is 10.3 Å². The molecule has 0 fully saturated rings. The number of carbonyl (C=O) groups is 1. The van der Waals surface area contributed by atoms with Gasteiger partial charge in [0.15, 0.2) is 0 Å². The Morgan fingerprint density at radius 1 is 1.39 bits per heavy atom. The number of ether oxygens (including phenoxy) is 1. The van der Waals surface area contributed by atoms with Gasteiger partial charge in [-0.25, -0.2) is 0 Å². The third-order valence-corrected chi connectivity index (χ3v) is 2.81. The van der Waals surface area contributed by atoms with E-state index in [1.165, 1.54) is 0 Å². The zero-order valence-electron chi connectivity index (χ0n) is 10.6. The number of nitrogens with zero attached hydrogens (tertiary/aromatic N) is 1. The summed E-state index contributed by atoms with van der Waals surface area (Å²) in [7, 11) is 1.61. The first-order chi connectivity index (χ1) is 8.74. The molecule has 2 aromatic rings. The molecule has 0 bridgehead atoms. The molecule has 4 nitrogen and oxygen atoms in total. The average Bonchev–Trinajstić information content (AvgIpc) is 2.38. The minimum atomic E-state index is -0.103. The summed E-state index contributed by atoms with van der Waals surface area (Å²) >= 11 is 0. The van der Waals surface area contributed by atoms with Gasteiger partial charge in [-0.05, 0) is 12.3 Å². The Labute approximate surface area is 106 Å². The lowest BCUT2D eigenvalue weighted by atomic mass is 10.0. The normalized spacial score (nSPS) is 10.6. The fraction of sp³-hybridized carbons (Fsp3) is 0.286. The Balaban J connectivity index is 2.36. The Bertz CT molecular complexity index is 567. The predicted molar refractivity (Wildman–Crippen MR) is 70.7 cm³/mol. The van der Waals surface area contributed by atoms with Crippen LogP contribution in [0.3, 0.4) is 0 Å². The number of nitrogens with one attached hydrogen (secondary N) is 1. The number of methoxy groups -OCH3 is 1. The quantitative estimate of drug-likeness (QED) is 0.836. The summed E-state index contributed by atoms with van der Waals surface area (Å²) in [4.78, 5) is 16.4. The van der Waals surface area contributed by atoms with Crippen LogP contribution in [0.4, 0.5) is 0 Å². The molecule has 0 atom stereocenters. The maximum absolute atomic E-state index is 12.1. The molecule has 2 rings (SSSR count). The number of benzene rings is 1. The molecule has 4 heteroatoms. The summed E-state index contributed by atoms with van der Waals surface area (Å²) in [6.45, 7) is 2.85. The summed E-state index contributed by atoms with van der Waals surface area (Å²) in [5.74, 6) is -0.103. The van der Waals surface area contributed by atoms with Crippen LogP contribution in [0.2, 0.25) is 0 Å². The summed E-state index contributed by atoms with van der Waals surface area (Å²) in [5, 5.41) is 4.73. The second-order valence-electron chi connectivity index (χ2n) is 4.05. The molecule has 0 saturated heterocycles. The van der Waals surface area contributed by atoms with E-state index >= 15 is 0 Å². The number of rotatable bonds is 4. The average molecular weight is 244 g/mol. The Kier molecular flexibility index (Phi) is 3.89. The van der Waals surface area contributed by atoms with Crippen molar-refractivity contribution in [2.75, 3.05) is 20.3 Å². The van der Waals surface area contributed by atoms with Gasteiger partial charge in [-0.1, -0.05) is 24.3 Å². The lowest BCUT2D eigenvalue weighted by Crippen LogP contribution is -2.28. The molecule has 94 valence electrons. The number of hydrogen-bond donors (Lipinski definition) is 1. The predicted octanol–water partition coefficient (Wildman–Crippen LogP) is 1.92. The molecule has 1 amide bonds. The van der Waals surface area contributed by atoms with Gasteiger partial charge in [0.25, 0.3) is 5.91 Å². The molecule has 0 aliphatic rings. The van der Waals surface area contributed by atoms with Crippen molar-refractivity contribution in [2.45, 2.75) is 6.92 Å². The van der Waals surface area contributed by atoms with E-state index in [0.717, 1.165) is 16.5 Å². The van der Waals surface area contributed by atoms with Crippen LogP contribution in [0.1, 0.15) is 16.1 Å². The van der Waals surface area contributed by atoms with Crippen molar-refractivity contribution in [3.05, 3.63) is 41.7 Å². The Hall–Kier alpha value is -1.94. The number of aromatic nitrogens is 1. The first-order valence-electron chi connectivity index (χ1n) is 5.85. The van der Waals surface area contributed by atoms with E-state index < -0.39 is 0 Å². The fourth-order valence-electron chi connectivity index (χ4n) is 1.90. The van der Waals surface area contributed by atoms with Crippen LogP contribution in [-0.2, 0) is 4.74 Å². The minimum Gasteiger partial charge on any atom is -0.383 e. The maximum atomic E-state index is 12.1. The second kappa shape index (κ2) is 5.60. The summed E-state index contributed by atoms with van der Waals surface area (Å²) in [5.41, 5.74) is 1.38. The molecule has 1 heterocycles. The number of fused-ring (bicyclic) bond motifs is 1. The van der Waals surface area contributed by atoms with Crippen molar-refractivity contribution in [2.24, 2.45) is 0 Å². The van der Waals surface area contributed by atoms with Gasteiger partial charge in [0.1, 0.15) is 0 Å². The molecular formula is C14H16N2O2. The smallest absolute Gasteiger partial charge is 0.253 e. The highest BCUT2D eigenvalue weighted by Crippen LogP contribution is 2.19. The third kappa shape index (κ3) is 2.49. The van der Waals surface area contributed by atoms with E-state index in [4.69, 9.17) is 4.74 Å². The lowest BCUT2D eigenvalue weighted by Gasteiger charge is -2.09. The largest absolute Gasteiger partial charge is 0.383 e. The highest BCUT2D eigenvalue weighted by molar-refractivity contribution is 6.07. The van der Waals surface area contributed by atoms with Crippen LogP contribution in [0, 0.1) is 6.92 Å². The van der Waals surface area contributed by atoms with E-state index in [1.54, 1.807) is 13.3 Å². The summed E-state index contributed by atoms with van der Waals surface area (Å²) in [6, 6.07) is 7.75. The minimum absolute atomic E-state index is 0.103. The third-order valence-electron chi connectivity index (χ3n) is 2.81. The Morgan fingerprint density at radius 2 is 2.17 bits per heavy atom. The summed E-state index contributed by atoms with van der Waals surface area (Å²) < 4.78 is 4.92. The maximum Gasteiger partial charge on any atom is 0.253 e. The number of pyridine rings is 1. The van der Waals surface area contributed by atoms with Gasteiger partial charge in [-0.2, -0.15) is 0 Å². The fourth-order valence-corrected chi connectivity index (χ4v) is 1.90. The molecule has 0 saturated carbocycles. The van der Waals surface area contributed by atoms with E-state index in [-0.39, 0.29) is 5.91 Å². The van der Waals surface area contributed by atoms with Crippen molar-refractivity contribution < 1.29 is 9.53 Å². The first-order valence-corrected chi connectivity index (χ1v) is 5.85. The number of carbonyl (C=O) groups excluding carboxylic acids is 1. The number of aryl methyl sites for hydroxylation is 1. The monoisotopic (exact) mass is 244 g/mol. The molecule has 1 aromatic carbocycles. The lowest BCUT2D eigenvalue weighted by molar-refractivity contribution is 0.0938. The molecule has 0 aliphatic heterocycles. The van der Waals surface area contributed by atoms with Crippen molar-refractivity contribution in [1.29, 1.82) is 0 Å². The van der Waals surface area contributed by atoms with Gasteiger partial charge in [0, 0.05) is 25.2 Å². The van der Waals surface area contributed by atoms with Crippen molar-refractivity contribution in [3.63, 3.8) is 0 Å². The molecular weight excluding hydrogens is 228 g/mol. The molecule has 0 unspecified atom stereocenters. The van der Waals surface area contributed by atoms with Gasteiger partial charge in [0.2, 0.25) is 0 Å². The number of hydrogen-bond acceptors (Lipinski definition) is 3. The Morgan fingerprint density at radius 3 is 2.94 bits per heavy atom. The van der Waals surface area contributed by atoms with Crippen LogP contribution < -0.4 is 5.32 Å². The van der Waals surface area contributed by atoms with Crippen LogP contribution in [0.5, 0.6) is 0 Å². The molecule has 18 heavy (non-hydrogen) atoms. The highest BCUT2D eigenvalue weighted by Gasteiger charge is 2.13. The second-order valence-corrected chi connectivity index (χ2v) is 4.05. The van der Waals surface area contributed by atoms with Gasteiger partial charge in [-0.15, -0.1) is 0 Å². The van der Waals surface area contributed by atoms with Crippen LogP contribution in [0.25, 0.3) is 10.8 Å². The topological polar surface area (TPSA) is 51.2 Å². The first kappa shape index (κ1) is 12.5. The van der Waals surface area contributed by atoms with E-state index in [0.29, 0.717) is 18.7 Å². The molecule has 0 spiro atoms. The zero-order valence-corrected chi connectivity index (χ0v) is 10.6. The number of amides is 1. The van der Waals surface area contributed by atoms with Gasteiger partial charge in [0.05, 0.1) is 17.9 Å². The molecule has 0 radical (unpaired) electrons. The van der Waals surface area contributed by atoms with Crippen LogP contribution in [-0.4, -0.2) is 31.2 Å². The van der Waals surface area contributed by atoms with Gasteiger partial charge >= 0.3 is 0 Å². The van der Waals surface area contributed by atoms with E-state index in [2.05, 4.69) is 10.3 Å². The van der Waals surface area contributed by atoms with Crippen molar-refractivity contribution in [3.8, 4) is 0 Å². The molecule has 1 N–H and O–H groups in total. The van der Waals surface area contributed by atoms with Gasteiger partial charge in [-0.3, -0.25) is 9.78 Å². The van der Waals surface area contributed by atoms with Crippen LogP contribution in [0.15, 0.2) is 30.5 Å². The summed E-state index contributed by atoms with van der Waals surface area (Å²) in [6.07, 6.45) is 1.79. The molecule has 0 aliphatic carbocycles. The van der Waals surface area contributed by atoms with Crippen molar-refractivity contribution >= 4 is 16.7 Å². The van der Waals surface area contributed by atoms with E-state index in [1.807, 2.05) is 31.2 Å². The highest BCUT2D eigenvalue weighted by atomic mass is 16.5.